The number of rotatable bonds is 0. The van der Waals surface area contributed by atoms with Gasteiger partial charge in [0.05, 0.1) is 12.5 Å². The first-order valence-corrected chi connectivity index (χ1v) is 5.10. The molecule has 1 fully saturated rings. The molecule has 0 radical (unpaired) electrons. The van der Waals surface area contributed by atoms with Gasteiger partial charge in [-0.05, 0) is 18.5 Å². The van der Waals surface area contributed by atoms with Crippen LogP contribution in [0.1, 0.15) is 6.42 Å². The second-order valence-electron chi connectivity index (χ2n) is 2.89. The summed E-state index contributed by atoms with van der Waals surface area (Å²) in [6.07, 6.45) is 3.50. The Balaban J connectivity index is 2.06. The van der Waals surface area contributed by atoms with Crippen LogP contribution in [0.25, 0.3) is 0 Å². The average molecular weight is 171 g/mol. The summed E-state index contributed by atoms with van der Waals surface area (Å²) in [5, 5.41) is 4.11. The van der Waals surface area contributed by atoms with Crippen molar-refractivity contribution < 1.29 is 4.74 Å². The molecule has 2 rings (SSSR count). The molecule has 0 aliphatic carbocycles. The van der Waals surface area contributed by atoms with Crippen molar-refractivity contribution in [2.75, 3.05) is 25.6 Å². The fourth-order valence-electron chi connectivity index (χ4n) is 1.50. The quantitative estimate of drug-likeness (QED) is 0.549. The molecule has 3 heteroatoms. The molecule has 1 unspecified atom stereocenters. The third-order valence-electron chi connectivity index (χ3n) is 2.14. The van der Waals surface area contributed by atoms with E-state index in [1.54, 1.807) is 5.57 Å². The van der Waals surface area contributed by atoms with E-state index in [4.69, 9.17) is 4.74 Å². The molecule has 2 nitrogen and oxygen atoms in total. The lowest BCUT2D eigenvalue weighted by atomic mass is 10.1. The van der Waals surface area contributed by atoms with Crippen molar-refractivity contribution in [3.8, 4) is 0 Å². The Morgan fingerprint density at radius 3 is 3.64 bits per heavy atom. The zero-order valence-corrected chi connectivity index (χ0v) is 7.32. The third kappa shape index (κ3) is 1.78. The summed E-state index contributed by atoms with van der Waals surface area (Å²) in [5.41, 5.74) is 1.54. The Hall–Kier alpha value is 0.01000. The smallest absolute Gasteiger partial charge is 0.0931 e. The number of piperidine rings is 1. The summed E-state index contributed by atoms with van der Waals surface area (Å²) >= 11 is 1.94. The van der Waals surface area contributed by atoms with E-state index in [0.717, 1.165) is 30.9 Å². The van der Waals surface area contributed by atoms with Gasteiger partial charge in [0.15, 0.2) is 0 Å². The van der Waals surface area contributed by atoms with Gasteiger partial charge in [-0.3, -0.25) is 0 Å². The van der Waals surface area contributed by atoms with Gasteiger partial charge in [0, 0.05) is 11.8 Å². The van der Waals surface area contributed by atoms with Crippen LogP contribution in [0.4, 0.5) is 0 Å². The van der Waals surface area contributed by atoms with Crippen molar-refractivity contribution in [2.45, 2.75) is 11.7 Å². The lowest BCUT2D eigenvalue weighted by Crippen LogP contribution is -2.31. The van der Waals surface area contributed by atoms with Gasteiger partial charge in [-0.2, -0.15) is 0 Å². The van der Waals surface area contributed by atoms with Crippen LogP contribution in [0.2, 0.25) is 0 Å². The highest BCUT2D eigenvalue weighted by Crippen LogP contribution is 2.26. The highest BCUT2D eigenvalue weighted by atomic mass is 32.2. The van der Waals surface area contributed by atoms with E-state index in [1.165, 1.54) is 6.42 Å². The molecule has 1 N–H and O–H groups in total. The molecule has 0 aromatic rings. The summed E-state index contributed by atoms with van der Waals surface area (Å²) in [6.45, 7) is 3.04. The molecule has 0 aromatic heterocycles. The number of nitrogens with one attached hydrogen (secondary N) is 1. The number of fused-ring (bicyclic) bond motifs is 1. The van der Waals surface area contributed by atoms with Gasteiger partial charge < -0.3 is 10.1 Å². The molecular weight excluding hydrogens is 158 g/mol. The maximum Gasteiger partial charge on any atom is 0.0931 e. The first kappa shape index (κ1) is 7.65. The van der Waals surface area contributed by atoms with E-state index in [2.05, 4.69) is 11.4 Å². The summed E-state index contributed by atoms with van der Waals surface area (Å²) < 4.78 is 5.35. The molecule has 1 saturated heterocycles. The standard InChI is InChI=1S/C8H13NOS/c1-3-9-5-7-2-4-10-6-11-8(1)7/h2,8-9H,1,3-6H2. The van der Waals surface area contributed by atoms with Gasteiger partial charge in [-0.1, -0.05) is 6.08 Å². The van der Waals surface area contributed by atoms with Crippen molar-refractivity contribution in [3.63, 3.8) is 0 Å². The van der Waals surface area contributed by atoms with E-state index in [0.29, 0.717) is 0 Å². The summed E-state index contributed by atoms with van der Waals surface area (Å²) in [4.78, 5) is 0. The van der Waals surface area contributed by atoms with Gasteiger partial charge in [0.1, 0.15) is 0 Å². The fraction of sp³-hybridized carbons (Fsp3) is 0.750. The zero-order chi connectivity index (χ0) is 7.52. The van der Waals surface area contributed by atoms with E-state index in [9.17, 15) is 0 Å². The molecule has 0 spiro atoms. The van der Waals surface area contributed by atoms with Crippen molar-refractivity contribution in [1.82, 2.24) is 5.32 Å². The van der Waals surface area contributed by atoms with Crippen LogP contribution in [0.15, 0.2) is 11.6 Å². The maximum absolute atomic E-state index is 5.35. The predicted octanol–water partition coefficient (Wildman–Crippen LogP) is 0.996. The Kier molecular flexibility index (Phi) is 2.51. The molecule has 1 atom stereocenters. The van der Waals surface area contributed by atoms with Gasteiger partial charge in [-0.25, -0.2) is 0 Å². The lowest BCUT2D eigenvalue weighted by Gasteiger charge is -2.23. The number of hydrogen-bond acceptors (Lipinski definition) is 3. The first-order chi connectivity index (χ1) is 5.47. The topological polar surface area (TPSA) is 21.3 Å². The minimum absolute atomic E-state index is 0.735. The van der Waals surface area contributed by atoms with Gasteiger partial charge in [0.2, 0.25) is 0 Å². The minimum atomic E-state index is 0.735. The van der Waals surface area contributed by atoms with E-state index >= 15 is 0 Å². The van der Waals surface area contributed by atoms with Crippen LogP contribution in [0.5, 0.6) is 0 Å². The van der Waals surface area contributed by atoms with Crippen molar-refractivity contribution >= 4 is 11.8 Å². The highest BCUT2D eigenvalue weighted by molar-refractivity contribution is 7.99. The fourth-order valence-corrected chi connectivity index (χ4v) is 2.54. The van der Waals surface area contributed by atoms with E-state index in [-0.39, 0.29) is 0 Å². The second-order valence-corrected chi connectivity index (χ2v) is 4.03. The molecule has 0 bridgehead atoms. The molecule has 2 aliphatic rings. The first-order valence-electron chi connectivity index (χ1n) is 4.06. The van der Waals surface area contributed by atoms with E-state index in [1.807, 2.05) is 11.8 Å². The summed E-state index contributed by atoms with van der Waals surface area (Å²) in [6, 6.07) is 0. The van der Waals surface area contributed by atoms with Gasteiger partial charge in [-0.15, -0.1) is 11.8 Å². The second kappa shape index (κ2) is 3.61. The molecule has 2 aliphatic heterocycles. The SMILES string of the molecule is C1=C2CNCCC2SCOC1. The van der Waals surface area contributed by atoms with Crippen LogP contribution >= 0.6 is 11.8 Å². The van der Waals surface area contributed by atoms with Crippen LogP contribution in [0, 0.1) is 0 Å². The van der Waals surface area contributed by atoms with E-state index < -0.39 is 0 Å². The van der Waals surface area contributed by atoms with Crippen molar-refractivity contribution in [2.24, 2.45) is 0 Å². The molecule has 11 heavy (non-hydrogen) atoms. The Morgan fingerprint density at radius 2 is 2.64 bits per heavy atom. The van der Waals surface area contributed by atoms with Crippen LogP contribution < -0.4 is 5.32 Å². The molecule has 0 aromatic carbocycles. The highest BCUT2D eigenvalue weighted by Gasteiger charge is 2.19. The number of ether oxygens (including phenoxy) is 1. The number of thioether (sulfide) groups is 1. The lowest BCUT2D eigenvalue weighted by molar-refractivity contribution is 0.217. The molecule has 0 saturated carbocycles. The maximum atomic E-state index is 5.35. The molecular formula is C8H13NOS. The van der Waals surface area contributed by atoms with Crippen LogP contribution in [-0.2, 0) is 4.74 Å². The zero-order valence-electron chi connectivity index (χ0n) is 6.51. The van der Waals surface area contributed by atoms with Crippen LogP contribution in [0.3, 0.4) is 0 Å². The Bertz CT molecular complexity index is 169. The predicted molar refractivity (Wildman–Crippen MR) is 47.8 cm³/mol. The normalized spacial score (nSPS) is 32.0. The van der Waals surface area contributed by atoms with Crippen LogP contribution in [-0.4, -0.2) is 30.9 Å². The molecule has 2 heterocycles. The van der Waals surface area contributed by atoms with Crippen molar-refractivity contribution in [3.05, 3.63) is 11.6 Å². The summed E-state index contributed by atoms with van der Waals surface area (Å²) in [7, 11) is 0. The largest absolute Gasteiger partial charge is 0.367 e. The summed E-state index contributed by atoms with van der Waals surface area (Å²) in [5.74, 6) is 0.866. The number of hydrogen-bond donors (Lipinski definition) is 1. The third-order valence-corrected chi connectivity index (χ3v) is 3.39. The van der Waals surface area contributed by atoms with Crippen molar-refractivity contribution in [1.29, 1.82) is 0 Å². The Morgan fingerprint density at radius 1 is 1.64 bits per heavy atom. The van der Waals surface area contributed by atoms with Gasteiger partial charge >= 0.3 is 0 Å². The minimum Gasteiger partial charge on any atom is -0.367 e. The Labute approximate surface area is 71.4 Å². The average Bonchev–Trinajstić information content (AvgIpc) is 2.28. The van der Waals surface area contributed by atoms with Gasteiger partial charge in [0.25, 0.3) is 0 Å². The molecule has 0 amide bonds. The molecule has 62 valence electrons. The monoisotopic (exact) mass is 171 g/mol.